The third-order valence-electron chi connectivity index (χ3n) is 4.11. The van der Waals surface area contributed by atoms with E-state index in [4.69, 9.17) is 10.8 Å². The standard InChI is InChI=1S/C14H28N2O2/c1-14(2,3)12(10-7-5-4-6-8-10)11(15)9-16-13(17)18/h10-12,16H,4-9,15H2,1-3H3,(H,17,18). The number of rotatable bonds is 4. The molecule has 1 rings (SSSR count). The van der Waals surface area contributed by atoms with Gasteiger partial charge in [0.25, 0.3) is 0 Å². The largest absolute Gasteiger partial charge is 0.465 e. The highest BCUT2D eigenvalue weighted by molar-refractivity contribution is 5.64. The van der Waals surface area contributed by atoms with E-state index in [1.54, 1.807) is 0 Å². The highest BCUT2D eigenvalue weighted by Crippen LogP contribution is 2.41. The maximum atomic E-state index is 10.6. The second kappa shape index (κ2) is 6.41. The molecule has 0 radical (unpaired) electrons. The lowest BCUT2D eigenvalue weighted by atomic mass is 9.65. The highest BCUT2D eigenvalue weighted by Gasteiger charge is 2.37. The Kier molecular flexibility index (Phi) is 5.45. The lowest BCUT2D eigenvalue weighted by Gasteiger charge is -2.42. The normalized spacial score (nSPS) is 21.3. The molecule has 0 spiro atoms. The van der Waals surface area contributed by atoms with Gasteiger partial charge < -0.3 is 16.2 Å². The number of carbonyl (C=O) groups is 1. The van der Waals surface area contributed by atoms with E-state index >= 15 is 0 Å². The van der Waals surface area contributed by atoms with Crippen LogP contribution >= 0.6 is 0 Å². The summed E-state index contributed by atoms with van der Waals surface area (Å²) in [6.45, 7) is 7.00. The topological polar surface area (TPSA) is 75.3 Å². The van der Waals surface area contributed by atoms with Crippen molar-refractivity contribution in [3.05, 3.63) is 0 Å². The quantitative estimate of drug-likeness (QED) is 0.724. The monoisotopic (exact) mass is 256 g/mol. The second-order valence-electron chi connectivity index (χ2n) is 6.64. The molecule has 2 unspecified atom stereocenters. The van der Waals surface area contributed by atoms with E-state index in [0.717, 1.165) is 0 Å². The second-order valence-corrected chi connectivity index (χ2v) is 6.64. The van der Waals surface area contributed by atoms with Crippen LogP contribution in [-0.4, -0.2) is 23.8 Å². The highest BCUT2D eigenvalue weighted by atomic mass is 16.4. The predicted molar refractivity (Wildman–Crippen MR) is 73.5 cm³/mol. The first-order valence-electron chi connectivity index (χ1n) is 7.04. The summed E-state index contributed by atoms with van der Waals surface area (Å²) in [6, 6.07) is -0.0933. The van der Waals surface area contributed by atoms with Crippen LogP contribution in [0, 0.1) is 17.3 Å². The third-order valence-corrected chi connectivity index (χ3v) is 4.11. The zero-order valence-corrected chi connectivity index (χ0v) is 11.9. The fourth-order valence-electron chi connectivity index (χ4n) is 3.52. The van der Waals surface area contributed by atoms with Gasteiger partial charge in [-0.2, -0.15) is 0 Å². The van der Waals surface area contributed by atoms with Gasteiger partial charge in [0.15, 0.2) is 0 Å². The molecular formula is C14H28N2O2. The molecular weight excluding hydrogens is 228 g/mol. The number of hydrogen-bond donors (Lipinski definition) is 3. The average Bonchev–Trinajstić information content (AvgIpc) is 2.26. The van der Waals surface area contributed by atoms with Crippen LogP contribution in [0.25, 0.3) is 0 Å². The van der Waals surface area contributed by atoms with Crippen LogP contribution in [0.2, 0.25) is 0 Å². The minimum Gasteiger partial charge on any atom is -0.465 e. The smallest absolute Gasteiger partial charge is 0.404 e. The van der Waals surface area contributed by atoms with Crippen molar-refractivity contribution in [1.29, 1.82) is 0 Å². The molecule has 0 bridgehead atoms. The molecule has 0 aromatic rings. The van der Waals surface area contributed by atoms with Crippen molar-refractivity contribution in [3.63, 3.8) is 0 Å². The first-order chi connectivity index (χ1) is 8.32. The minimum absolute atomic E-state index is 0.0933. The summed E-state index contributed by atoms with van der Waals surface area (Å²) in [4.78, 5) is 10.6. The first kappa shape index (κ1) is 15.3. The predicted octanol–water partition coefficient (Wildman–Crippen LogP) is 2.82. The molecule has 0 aliphatic heterocycles. The van der Waals surface area contributed by atoms with Crippen molar-refractivity contribution >= 4 is 6.09 Å². The molecule has 0 heterocycles. The fourth-order valence-corrected chi connectivity index (χ4v) is 3.52. The summed E-state index contributed by atoms with van der Waals surface area (Å²) < 4.78 is 0. The van der Waals surface area contributed by atoms with Gasteiger partial charge in [-0.3, -0.25) is 0 Å². The zero-order valence-electron chi connectivity index (χ0n) is 11.9. The number of nitrogens with one attached hydrogen (secondary N) is 1. The van der Waals surface area contributed by atoms with Gasteiger partial charge in [-0.25, -0.2) is 4.79 Å². The summed E-state index contributed by atoms with van der Waals surface area (Å²) in [5.74, 6) is 1.02. The van der Waals surface area contributed by atoms with Gasteiger partial charge in [0.1, 0.15) is 0 Å². The molecule has 106 valence electrons. The fraction of sp³-hybridized carbons (Fsp3) is 0.929. The Hall–Kier alpha value is -0.770. The maximum Gasteiger partial charge on any atom is 0.404 e. The third kappa shape index (κ3) is 4.48. The average molecular weight is 256 g/mol. The minimum atomic E-state index is -0.984. The maximum absolute atomic E-state index is 10.6. The van der Waals surface area contributed by atoms with Crippen LogP contribution in [0.1, 0.15) is 52.9 Å². The summed E-state index contributed by atoms with van der Waals surface area (Å²) in [5, 5.41) is 11.1. The van der Waals surface area contributed by atoms with E-state index in [1.165, 1.54) is 32.1 Å². The van der Waals surface area contributed by atoms with Crippen LogP contribution in [0.4, 0.5) is 4.79 Å². The molecule has 1 saturated carbocycles. The Morgan fingerprint density at radius 1 is 1.33 bits per heavy atom. The van der Waals surface area contributed by atoms with Crippen molar-refractivity contribution in [2.24, 2.45) is 23.0 Å². The molecule has 2 atom stereocenters. The Balaban J connectivity index is 2.67. The molecule has 0 saturated heterocycles. The SMILES string of the molecule is CC(C)(C)C(C(N)CNC(=O)O)C1CCCCC1. The molecule has 1 fully saturated rings. The number of nitrogens with two attached hydrogens (primary N) is 1. The van der Waals surface area contributed by atoms with Gasteiger partial charge in [0.2, 0.25) is 0 Å². The number of hydrogen-bond acceptors (Lipinski definition) is 2. The summed E-state index contributed by atoms with van der Waals surface area (Å²) in [5.41, 5.74) is 6.38. The van der Waals surface area contributed by atoms with E-state index in [1.807, 2.05) is 0 Å². The molecule has 1 aliphatic carbocycles. The first-order valence-corrected chi connectivity index (χ1v) is 7.04. The van der Waals surface area contributed by atoms with Crippen LogP contribution in [0.5, 0.6) is 0 Å². The van der Waals surface area contributed by atoms with Crippen LogP contribution in [0.15, 0.2) is 0 Å². The number of amides is 1. The molecule has 4 nitrogen and oxygen atoms in total. The molecule has 18 heavy (non-hydrogen) atoms. The molecule has 0 aromatic carbocycles. The van der Waals surface area contributed by atoms with E-state index in [9.17, 15) is 4.79 Å². The van der Waals surface area contributed by atoms with Gasteiger partial charge in [-0.05, 0) is 17.3 Å². The molecule has 1 amide bonds. The van der Waals surface area contributed by atoms with Crippen molar-refractivity contribution in [1.82, 2.24) is 5.32 Å². The van der Waals surface area contributed by atoms with Gasteiger partial charge in [0.05, 0.1) is 0 Å². The van der Waals surface area contributed by atoms with Gasteiger partial charge in [0, 0.05) is 12.6 Å². The van der Waals surface area contributed by atoms with Crippen molar-refractivity contribution in [2.75, 3.05) is 6.54 Å². The van der Waals surface area contributed by atoms with Gasteiger partial charge in [-0.15, -0.1) is 0 Å². The number of carboxylic acid groups (broad SMARTS) is 1. The zero-order chi connectivity index (χ0) is 13.8. The summed E-state index contributed by atoms with van der Waals surface area (Å²) in [7, 11) is 0. The van der Waals surface area contributed by atoms with E-state index in [2.05, 4.69) is 26.1 Å². The Morgan fingerprint density at radius 2 is 1.89 bits per heavy atom. The Labute approximate surface area is 110 Å². The van der Waals surface area contributed by atoms with Crippen LogP contribution in [-0.2, 0) is 0 Å². The van der Waals surface area contributed by atoms with Crippen molar-refractivity contribution in [3.8, 4) is 0 Å². The van der Waals surface area contributed by atoms with Gasteiger partial charge in [-0.1, -0.05) is 52.9 Å². The van der Waals surface area contributed by atoms with Crippen molar-refractivity contribution < 1.29 is 9.90 Å². The molecule has 1 aliphatic rings. The van der Waals surface area contributed by atoms with Crippen LogP contribution in [0.3, 0.4) is 0 Å². The lowest BCUT2D eigenvalue weighted by molar-refractivity contribution is 0.0963. The Bertz CT molecular complexity index is 267. The summed E-state index contributed by atoms with van der Waals surface area (Å²) in [6.07, 6.45) is 5.40. The van der Waals surface area contributed by atoms with E-state index in [-0.39, 0.29) is 11.5 Å². The summed E-state index contributed by atoms with van der Waals surface area (Å²) >= 11 is 0. The molecule has 4 N–H and O–H groups in total. The molecule has 0 aromatic heterocycles. The Morgan fingerprint density at radius 3 is 2.33 bits per heavy atom. The van der Waals surface area contributed by atoms with E-state index in [0.29, 0.717) is 18.4 Å². The lowest BCUT2D eigenvalue weighted by Crippen LogP contribution is -2.49. The molecule has 4 heteroatoms. The van der Waals surface area contributed by atoms with Crippen molar-refractivity contribution in [2.45, 2.75) is 58.9 Å². The van der Waals surface area contributed by atoms with E-state index < -0.39 is 6.09 Å². The van der Waals surface area contributed by atoms with Gasteiger partial charge >= 0.3 is 6.09 Å². The van der Waals surface area contributed by atoms with Crippen LogP contribution < -0.4 is 11.1 Å².